The molecule has 2 aromatic rings. The number of Topliss-reactive ketones (excluding diaryl/α,β-unsaturated/α-hetero) is 1. The van der Waals surface area contributed by atoms with E-state index in [-0.39, 0.29) is 6.42 Å². The third-order valence-corrected chi connectivity index (χ3v) is 3.67. The largest absolute Gasteiger partial charge is 0.417 e. The molecular formula is C15H9BrF4O. The molecule has 110 valence electrons. The minimum absolute atomic E-state index is 0.242. The number of rotatable bonds is 3. The lowest BCUT2D eigenvalue weighted by Gasteiger charge is -2.12. The maximum Gasteiger partial charge on any atom is 0.417 e. The summed E-state index contributed by atoms with van der Waals surface area (Å²) >= 11 is 3.22. The topological polar surface area (TPSA) is 17.1 Å². The van der Waals surface area contributed by atoms with Crippen LogP contribution >= 0.6 is 15.9 Å². The van der Waals surface area contributed by atoms with E-state index >= 15 is 0 Å². The average molecular weight is 361 g/mol. The highest BCUT2D eigenvalue weighted by Crippen LogP contribution is 2.33. The standard InChI is InChI=1S/C15H9BrF4O/c16-13-4-2-1-3-9(13)7-14(21)11-8-10(17)5-6-12(11)15(18,19)20/h1-6,8H,7H2. The Morgan fingerprint density at radius 3 is 2.38 bits per heavy atom. The van der Waals surface area contributed by atoms with Crippen molar-refractivity contribution < 1.29 is 22.4 Å². The monoisotopic (exact) mass is 360 g/mol. The molecule has 0 saturated heterocycles. The summed E-state index contributed by atoms with van der Waals surface area (Å²) in [6.45, 7) is 0. The van der Waals surface area contributed by atoms with Crippen molar-refractivity contribution in [1.29, 1.82) is 0 Å². The second-order valence-corrected chi connectivity index (χ2v) is 5.23. The first kappa shape index (κ1) is 15.7. The predicted octanol–water partition coefficient (Wildman–Crippen LogP) is 5.03. The Morgan fingerprint density at radius 2 is 1.76 bits per heavy atom. The van der Waals surface area contributed by atoms with Crippen LogP contribution in [-0.2, 0) is 12.6 Å². The van der Waals surface area contributed by atoms with Gasteiger partial charge in [0.1, 0.15) is 5.82 Å². The van der Waals surface area contributed by atoms with Crippen molar-refractivity contribution in [2.75, 3.05) is 0 Å². The molecular weight excluding hydrogens is 352 g/mol. The van der Waals surface area contributed by atoms with Gasteiger partial charge in [-0.3, -0.25) is 4.79 Å². The minimum atomic E-state index is -4.70. The van der Waals surface area contributed by atoms with Crippen molar-refractivity contribution in [3.05, 3.63) is 69.4 Å². The Morgan fingerprint density at radius 1 is 1.10 bits per heavy atom. The molecule has 21 heavy (non-hydrogen) atoms. The molecule has 0 spiro atoms. The van der Waals surface area contributed by atoms with Crippen molar-refractivity contribution in [2.45, 2.75) is 12.6 Å². The van der Waals surface area contributed by atoms with Gasteiger partial charge in [-0.15, -0.1) is 0 Å². The highest BCUT2D eigenvalue weighted by molar-refractivity contribution is 9.10. The second kappa shape index (κ2) is 5.97. The number of hydrogen-bond donors (Lipinski definition) is 0. The first-order valence-electron chi connectivity index (χ1n) is 5.92. The van der Waals surface area contributed by atoms with E-state index in [0.717, 1.165) is 0 Å². The zero-order chi connectivity index (χ0) is 15.6. The molecule has 0 aliphatic heterocycles. The fraction of sp³-hybridized carbons (Fsp3) is 0.133. The molecule has 0 aromatic heterocycles. The van der Waals surface area contributed by atoms with Gasteiger partial charge in [0, 0.05) is 16.5 Å². The average Bonchev–Trinajstić information content (AvgIpc) is 2.40. The normalized spacial score (nSPS) is 11.5. The molecule has 2 rings (SSSR count). The van der Waals surface area contributed by atoms with Gasteiger partial charge in [-0.1, -0.05) is 34.1 Å². The summed E-state index contributed by atoms with van der Waals surface area (Å²) < 4.78 is 52.4. The Bertz CT molecular complexity index is 680. The van der Waals surface area contributed by atoms with E-state index in [1.807, 2.05) is 0 Å². The van der Waals surface area contributed by atoms with Gasteiger partial charge >= 0.3 is 6.18 Å². The maximum atomic E-state index is 13.2. The van der Waals surface area contributed by atoms with E-state index in [1.54, 1.807) is 24.3 Å². The number of halogens is 5. The number of carbonyl (C=O) groups is 1. The molecule has 1 nitrogen and oxygen atoms in total. The van der Waals surface area contributed by atoms with Crippen LogP contribution in [0.3, 0.4) is 0 Å². The van der Waals surface area contributed by atoms with Gasteiger partial charge in [0.05, 0.1) is 5.56 Å². The van der Waals surface area contributed by atoms with Crippen molar-refractivity contribution in [2.24, 2.45) is 0 Å². The van der Waals surface area contributed by atoms with Gasteiger partial charge in [-0.05, 0) is 29.8 Å². The summed E-state index contributed by atoms with van der Waals surface area (Å²) in [7, 11) is 0. The fourth-order valence-electron chi connectivity index (χ4n) is 1.90. The number of carbonyl (C=O) groups excluding carboxylic acids is 1. The summed E-state index contributed by atoms with van der Waals surface area (Å²) in [5.41, 5.74) is -1.24. The van der Waals surface area contributed by atoms with Crippen LogP contribution < -0.4 is 0 Å². The fourth-order valence-corrected chi connectivity index (χ4v) is 2.33. The van der Waals surface area contributed by atoms with Crippen LogP contribution in [0.2, 0.25) is 0 Å². The van der Waals surface area contributed by atoms with Crippen LogP contribution in [0.1, 0.15) is 21.5 Å². The van der Waals surface area contributed by atoms with E-state index in [0.29, 0.717) is 28.2 Å². The van der Waals surface area contributed by atoms with Crippen LogP contribution in [0.5, 0.6) is 0 Å². The molecule has 0 amide bonds. The lowest BCUT2D eigenvalue weighted by molar-refractivity contribution is -0.137. The van der Waals surface area contributed by atoms with Crippen molar-refractivity contribution in [1.82, 2.24) is 0 Å². The zero-order valence-corrected chi connectivity index (χ0v) is 12.1. The summed E-state index contributed by atoms with van der Waals surface area (Å²) in [6.07, 6.45) is -4.94. The first-order valence-corrected chi connectivity index (χ1v) is 6.71. The van der Waals surface area contributed by atoms with E-state index in [1.165, 1.54) is 0 Å². The van der Waals surface area contributed by atoms with Gasteiger partial charge in [0.2, 0.25) is 0 Å². The summed E-state index contributed by atoms with van der Waals surface area (Å²) in [5.74, 6) is -1.66. The zero-order valence-electron chi connectivity index (χ0n) is 10.5. The van der Waals surface area contributed by atoms with E-state index in [4.69, 9.17) is 0 Å². The Balaban J connectivity index is 2.40. The molecule has 0 saturated carbocycles. The van der Waals surface area contributed by atoms with Crippen molar-refractivity contribution in [3.63, 3.8) is 0 Å². The van der Waals surface area contributed by atoms with Gasteiger partial charge in [0.15, 0.2) is 5.78 Å². The molecule has 0 atom stereocenters. The van der Waals surface area contributed by atoms with Gasteiger partial charge in [-0.2, -0.15) is 13.2 Å². The molecule has 0 bridgehead atoms. The minimum Gasteiger partial charge on any atom is -0.294 e. The third-order valence-electron chi connectivity index (χ3n) is 2.90. The highest BCUT2D eigenvalue weighted by atomic mass is 79.9. The summed E-state index contributed by atoms with van der Waals surface area (Å²) in [4.78, 5) is 12.1. The summed E-state index contributed by atoms with van der Waals surface area (Å²) in [5, 5.41) is 0. The maximum absolute atomic E-state index is 13.2. The van der Waals surface area contributed by atoms with Gasteiger partial charge in [-0.25, -0.2) is 4.39 Å². The van der Waals surface area contributed by atoms with Crippen LogP contribution in [0, 0.1) is 5.82 Å². The lowest BCUT2D eigenvalue weighted by Crippen LogP contribution is -2.15. The lowest BCUT2D eigenvalue weighted by atomic mass is 9.98. The molecule has 0 fully saturated rings. The highest BCUT2D eigenvalue weighted by Gasteiger charge is 2.35. The van der Waals surface area contributed by atoms with Crippen LogP contribution in [0.15, 0.2) is 46.9 Å². The quantitative estimate of drug-likeness (QED) is 0.554. The molecule has 0 aliphatic rings. The van der Waals surface area contributed by atoms with E-state index in [2.05, 4.69) is 15.9 Å². The molecule has 0 radical (unpaired) electrons. The number of alkyl halides is 3. The van der Waals surface area contributed by atoms with Gasteiger partial charge < -0.3 is 0 Å². The molecule has 6 heteroatoms. The van der Waals surface area contributed by atoms with Gasteiger partial charge in [0.25, 0.3) is 0 Å². The number of hydrogen-bond acceptors (Lipinski definition) is 1. The van der Waals surface area contributed by atoms with Crippen LogP contribution in [-0.4, -0.2) is 5.78 Å². The van der Waals surface area contributed by atoms with E-state index < -0.39 is 28.9 Å². The van der Waals surface area contributed by atoms with E-state index in [9.17, 15) is 22.4 Å². The van der Waals surface area contributed by atoms with Crippen molar-refractivity contribution >= 4 is 21.7 Å². The molecule has 0 heterocycles. The predicted molar refractivity (Wildman–Crippen MR) is 73.6 cm³/mol. The molecule has 0 N–H and O–H groups in total. The van der Waals surface area contributed by atoms with Crippen LogP contribution in [0.25, 0.3) is 0 Å². The number of benzene rings is 2. The third kappa shape index (κ3) is 3.69. The molecule has 2 aromatic carbocycles. The smallest absolute Gasteiger partial charge is 0.294 e. The Kier molecular flexibility index (Phi) is 4.46. The van der Waals surface area contributed by atoms with Crippen molar-refractivity contribution in [3.8, 4) is 0 Å². The Hall–Kier alpha value is -1.69. The Labute approximate surface area is 126 Å². The summed E-state index contributed by atoms with van der Waals surface area (Å²) in [6, 6.07) is 8.60. The van der Waals surface area contributed by atoms with Crippen LogP contribution in [0.4, 0.5) is 17.6 Å². The first-order chi connectivity index (χ1) is 9.79. The molecule has 0 unspecified atom stereocenters. The second-order valence-electron chi connectivity index (χ2n) is 4.38. The SMILES string of the molecule is O=C(Cc1ccccc1Br)c1cc(F)ccc1C(F)(F)F. The molecule has 0 aliphatic carbocycles. The number of ketones is 1.